The Bertz CT molecular complexity index is 406. The minimum absolute atomic E-state index is 0. The van der Waals surface area contributed by atoms with E-state index in [0.717, 1.165) is 25.9 Å². The number of benzene rings is 1. The van der Waals surface area contributed by atoms with Crippen molar-refractivity contribution in [1.29, 1.82) is 0 Å². The molecule has 1 aromatic rings. The Kier molecular flexibility index (Phi) is 5.39. The van der Waals surface area contributed by atoms with E-state index >= 15 is 0 Å². The number of carbonyl (C=O) groups is 1. The molecule has 1 aliphatic rings. The lowest BCUT2D eigenvalue weighted by Crippen LogP contribution is -2.53. The van der Waals surface area contributed by atoms with Crippen molar-refractivity contribution < 1.29 is 4.79 Å². The summed E-state index contributed by atoms with van der Waals surface area (Å²) in [7, 11) is 0. The van der Waals surface area contributed by atoms with Crippen molar-refractivity contribution in [3.63, 3.8) is 0 Å². The first-order valence-corrected chi connectivity index (χ1v) is 6.61. The predicted octanol–water partition coefficient (Wildman–Crippen LogP) is 2.55. The summed E-state index contributed by atoms with van der Waals surface area (Å²) in [5, 5.41) is 0. The van der Waals surface area contributed by atoms with E-state index in [1.54, 1.807) is 13.8 Å². The molecule has 0 radical (unpaired) electrons. The molecule has 106 valence electrons. The Balaban J connectivity index is 0.00000180. The van der Waals surface area contributed by atoms with Gasteiger partial charge in [-0.05, 0) is 38.2 Å². The number of likely N-dealkylation sites (tertiary alicyclic amines) is 1. The van der Waals surface area contributed by atoms with Crippen molar-refractivity contribution in [3.05, 3.63) is 35.9 Å². The Hall–Kier alpha value is -1.06. The fraction of sp³-hybridized carbons (Fsp3) is 0.533. The highest BCUT2D eigenvalue weighted by molar-refractivity contribution is 5.85. The summed E-state index contributed by atoms with van der Waals surface area (Å²) in [5.74, 6) is 0.644. The molecule has 2 rings (SSSR count). The zero-order valence-corrected chi connectivity index (χ0v) is 12.5. The second kappa shape index (κ2) is 6.40. The first kappa shape index (κ1) is 16.0. The van der Waals surface area contributed by atoms with Gasteiger partial charge in [-0.25, -0.2) is 0 Å². The lowest BCUT2D eigenvalue weighted by atomic mass is 9.89. The van der Waals surface area contributed by atoms with E-state index in [-0.39, 0.29) is 18.3 Å². The van der Waals surface area contributed by atoms with Crippen LogP contribution < -0.4 is 5.73 Å². The molecule has 0 unspecified atom stereocenters. The van der Waals surface area contributed by atoms with Gasteiger partial charge in [0.25, 0.3) is 0 Å². The van der Waals surface area contributed by atoms with Gasteiger partial charge in [0.1, 0.15) is 0 Å². The van der Waals surface area contributed by atoms with Gasteiger partial charge >= 0.3 is 0 Å². The third-order valence-corrected chi connectivity index (χ3v) is 3.60. The van der Waals surface area contributed by atoms with Gasteiger partial charge in [-0.1, -0.05) is 30.3 Å². The van der Waals surface area contributed by atoms with Crippen molar-refractivity contribution in [2.24, 2.45) is 5.73 Å². The quantitative estimate of drug-likeness (QED) is 0.906. The maximum absolute atomic E-state index is 12.1. The van der Waals surface area contributed by atoms with Crippen molar-refractivity contribution >= 4 is 18.3 Å². The van der Waals surface area contributed by atoms with Gasteiger partial charge in [-0.3, -0.25) is 4.79 Å². The van der Waals surface area contributed by atoms with Gasteiger partial charge in [0, 0.05) is 13.1 Å². The van der Waals surface area contributed by atoms with Crippen LogP contribution in [-0.4, -0.2) is 29.4 Å². The SMILES string of the molecule is CC(C)(N)C(=O)N1CCC(c2ccccc2)CC1.Cl. The summed E-state index contributed by atoms with van der Waals surface area (Å²) in [6.45, 7) is 5.19. The molecule has 2 N–H and O–H groups in total. The molecule has 0 bridgehead atoms. The molecular formula is C15H23ClN2O. The minimum Gasteiger partial charge on any atom is -0.341 e. The molecule has 19 heavy (non-hydrogen) atoms. The second-order valence-electron chi connectivity index (χ2n) is 5.70. The van der Waals surface area contributed by atoms with Crippen LogP contribution in [0.15, 0.2) is 30.3 Å². The molecule has 1 aromatic carbocycles. The summed E-state index contributed by atoms with van der Waals surface area (Å²) in [6.07, 6.45) is 2.07. The molecule has 1 saturated heterocycles. The third kappa shape index (κ3) is 3.95. The number of hydrogen-bond donors (Lipinski definition) is 1. The number of nitrogens with two attached hydrogens (primary N) is 1. The molecule has 1 amide bonds. The fourth-order valence-corrected chi connectivity index (χ4v) is 2.55. The topological polar surface area (TPSA) is 46.3 Å². The number of carbonyl (C=O) groups excluding carboxylic acids is 1. The molecule has 3 nitrogen and oxygen atoms in total. The molecule has 0 aliphatic carbocycles. The van der Waals surface area contributed by atoms with Gasteiger partial charge in [-0.15, -0.1) is 12.4 Å². The van der Waals surface area contributed by atoms with Crippen molar-refractivity contribution in [2.75, 3.05) is 13.1 Å². The highest BCUT2D eigenvalue weighted by Crippen LogP contribution is 2.28. The standard InChI is InChI=1S/C15H22N2O.ClH/c1-15(2,16)14(18)17-10-8-13(9-11-17)12-6-4-3-5-7-12;/h3-7,13H,8-11,16H2,1-2H3;1H. The number of hydrogen-bond acceptors (Lipinski definition) is 2. The number of piperidine rings is 1. The number of rotatable bonds is 2. The highest BCUT2D eigenvalue weighted by Gasteiger charge is 2.30. The van der Waals surface area contributed by atoms with Gasteiger partial charge in [0.05, 0.1) is 5.54 Å². The molecule has 1 heterocycles. The smallest absolute Gasteiger partial charge is 0.242 e. The number of amides is 1. The predicted molar refractivity (Wildman–Crippen MR) is 80.5 cm³/mol. The maximum atomic E-state index is 12.1. The lowest BCUT2D eigenvalue weighted by Gasteiger charge is -2.35. The average molecular weight is 283 g/mol. The Morgan fingerprint density at radius 2 is 1.74 bits per heavy atom. The van der Waals surface area contributed by atoms with E-state index in [0.29, 0.717) is 5.92 Å². The van der Waals surface area contributed by atoms with Crippen LogP contribution in [0.3, 0.4) is 0 Å². The zero-order valence-electron chi connectivity index (χ0n) is 11.6. The van der Waals surface area contributed by atoms with Crippen LogP contribution in [0.4, 0.5) is 0 Å². The summed E-state index contributed by atoms with van der Waals surface area (Å²) in [5.41, 5.74) is 6.50. The molecule has 4 heteroatoms. The van der Waals surface area contributed by atoms with Crippen LogP contribution in [-0.2, 0) is 4.79 Å². The van der Waals surface area contributed by atoms with Crippen molar-refractivity contribution in [2.45, 2.75) is 38.1 Å². The van der Waals surface area contributed by atoms with Gasteiger partial charge in [0.2, 0.25) is 5.91 Å². The number of nitrogens with zero attached hydrogens (tertiary/aromatic N) is 1. The molecule has 0 atom stereocenters. The van der Waals surface area contributed by atoms with E-state index in [2.05, 4.69) is 24.3 Å². The molecule has 1 fully saturated rings. The molecule has 1 aliphatic heterocycles. The summed E-state index contributed by atoms with van der Waals surface area (Å²) >= 11 is 0. The van der Waals surface area contributed by atoms with Crippen LogP contribution in [0.5, 0.6) is 0 Å². The van der Waals surface area contributed by atoms with Crippen LogP contribution in [0.1, 0.15) is 38.2 Å². The normalized spacial score (nSPS) is 16.9. The van der Waals surface area contributed by atoms with Crippen molar-refractivity contribution in [3.8, 4) is 0 Å². The third-order valence-electron chi connectivity index (χ3n) is 3.60. The lowest BCUT2D eigenvalue weighted by molar-refractivity contribution is -0.136. The first-order chi connectivity index (χ1) is 8.48. The van der Waals surface area contributed by atoms with Crippen LogP contribution in [0, 0.1) is 0 Å². The van der Waals surface area contributed by atoms with E-state index in [1.807, 2.05) is 11.0 Å². The average Bonchev–Trinajstić information content (AvgIpc) is 2.38. The van der Waals surface area contributed by atoms with Gasteiger partial charge in [0.15, 0.2) is 0 Å². The second-order valence-corrected chi connectivity index (χ2v) is 5.70. The van der Waals surface area contributed by atoms with E-state index < -0.39 is 5.54 Å². The molecule has 0 aromatic heterocycles. The minimum atomic E-state index is -0.750. The summed E-state index contributed by atoms with van der Waals surface area (Å²) in [4.78, 5) is 14.0. The summed E-state index contributed by atoms with van der Waals surface area (Å²) < 4.78 is 0. The van der Waals surface area contributed by atoms with Crippen LogP contribution >= 0.6 is 12.4 Å². The Morgan fingerprint density at radius 3 is 2.21 bits per heavy atom. The first-order valence-electron chi connectivity index (χ1n) is 6.61. The molecule has 0 spiro atoms. The van der Waals surface area contributed by atoms with Gasteiger partial charge < -0.3 is 10.6 Å². The largest absolute Gasteiger partial charge is 0.341 e. The van der Waals surface area contributed by atoms with E-state index in [9.17, 15) is 4.79 Å². The fourth-order valence-electron chi connectivity index (χ4n) is 2.55. The number of halogens is 1. The van der Waals surface area contributed by atoms with Gasteiger partial charge in [-0.2, -0.15) is 0 Å². The zero-order chi connectivity index (χ0) is 13.2. The Morgan fingerprint density at radius 1 is 1.21 bits per heavy atom. The molecular weight excluding hydrogens is 260 g/mol. The monoisotopic (exact) mass is 282 g/mol. The van der Waals surface area contributed by atoms with Crippen molar-refractivity contribution in [1.82, 2.24) is 4.90 Å². The molecule has 0 saturated carbocycles. The van der Waals surface area contributed by atoms with Crippen LogP contribution in [0.2, 0.25) is 0 Å². The summed E-state index contributed by atoms with van der Waals surface area (Å²) in [6, 6.07) is 10.6. The maximum Gasteiger partial charge on any atom is 0.242 e. The van der Waals surface area contributed by atoms with E-state index in [4.69, 9.17) is 5.73 Å². The van der Waals surface area contributed by atoms with Crippen LogP contribution in [0.25, 0.3) is 0 Å². The van der Waals surface area contributed by atoms with E-state index in [1.165, 1.54) is 5.56 Å². The Labute approximate surface area is 121 Å². The highest BCUT2D eigenvalue weighted by atomic mass is 35.5.